The van der Waals surface area contributed by atoms with E-state index in [1.807, 2.05) is 35.2 Å². The van der Waals surface area contributed by atoms with Crippen LogP contribution in [0.2, 0.25) is 5.15 Å². The number of rotatable bonds is 6. The molecule has 0 spiro atoms. The average molecular weight is 421 g/mol. The van der Waals surface area contributed by atoms with Gasteiger partial charge in [-0.05, 0) is 23.8 Å². The summed E-state index contributed by atoms with van der Waals surface area (Å²) in [5.41, 5.74) is 1.29. The van der Waals surface area contributed by atoms with Crippen LogP contribution in [0.3, 0.4) is 0 Å². The third kappa shape index (κ3) is 5.62. The highest BCUT2D eigenvalue weighted by Crippen LogP contribution is 2.17. The van der Waals surface area contributed by atoms with Crippen molar-refractivity contribution in [3.8, 4) is 0 Å². The third-order valence-corrected chi connectivity index (χ3v) is 6.19. The molecule has 1 N–H and O–H groups in total. The topological polar surface area (TPSA) is 82.6 Å². The van der Waals surface area contributed by atoms with Gasteiger partial charge in [-0.15, -0.1) is 0 Å². The fourth-order valence-electron chi connectivity index (χ4n) is 2.83. The quantitative estimate of drug-likeness (QED) is 0.725. The van der Waals surface area contributed by atoms with Gasteiger partial charge in [-0.3, -0.25) is 9.69 Å². The van der Waals surface area contributed by atoms with Crippen LogP contribution in [0.5, 0.6) is 0 Å². The number of nitrogens with zero attached hydrogens (tertiary/aromatic N) is 3. The molecule has 148 valence electrons. The van der Waals surface area contributed by atoms with Crippen molar-refractivity contribution < 1.29 is 13.2 Å². The van der Waals surface area contributed by atoms with Crippen molar-refractivity contribution in [1.29, 1.82) is 0 Å². The average Bonchev–Trinajstić information content (AvgIpc) is 2.69. The maximum absolute atomic E-state index is 12.5. The first-order valence-corrected chi connectivity index (χ1v) is 10.7. The Bertz CT molecular complexity index is 943. The SMILES string of the molecule is O=C(CN1CCN(S(=O)(=O)C=Cc2ccccc2)CC1)Nc1cccnc1Cl. The van der Waals surface area contributed by atoms with Gasteiger partial charge in [-0.1, -0.05) is 41.9 Å². The normalized spacial score (nSPS) is 16.3. The molecule has 1 aromatic heterocycles. The fraction of sp³-hybridized carbons (Fsp3) is 0.263. The molecule has 1 aliphatic heterocycles. The Kier molecular flexibility index (Phi) is 6.79. The molecule has 3 rings (SSSR count). The third-order valence-electron chi connectivity index (χ3n) is 4.32. The molecule has 0 saturated carbocycles. The van der Waals surface area contributed by atoms with Crippen LogP contribution in [0, 0.1) is 0 Å². The summed E-state index contributed by atoms with van der Waals surface area (Å²) in [6.45, 7) is 1.79. The van der Waals surface area contributed by atoms with Crippen LogP contribution in [0.25, 0.3) is 6.08 Å². The van der Waals surface area contributed by atoms with Crippen LogP contribution in [-0.2, 0) is 14.8 Å². The van der Waals surface area contributed by atoms with Gasteiger partial charge >= 0.3 is 0 Å². The first-order valence-electron chi connectivity index (χ1n) is 8.80. The molecule has 0 radical (unpaired) electrons. The van der Waals surface area contributed by atoms with Crippen molar-refractivity contribution in [1.82, 2.24) is 14.2 Å². The van der Waals surface area contributed by atoms with Crippen molar-refractivity contribution in [2.45, 2.75) is 0 Å². The number of carbonyl (C=O) groups is 1. The minimum Gasteiger partial charge on any atom is -0.322 e. The number of benzene rings is 1. The number of hydrogen-bond donors (Lipinski definition) is 1. The predicted molar refractivity (Wildman–Crippen MR) is 110 cm³/mol. The Balaban J connectivity index is 1.50. The molecule has 0 aliphatic carbocycles. The highest BCUT2D eigenvalue weighted by atomic mass is 35.5. The fourth-order valence-corrected chi connectivity index (χ4v) is 4.17. The number of pyridine rings is 1. The van der Waals surface area contributed by atoms with Gasteiger partial charge in [0, 0.05) is 37.8 Å². The van der Waals surface area contributed by atoms with Gasteiger partial charge in [0.2, 0.25) is 15.9 Å². The maximum atomic E-state index is 12.5. The van der Waals surface area contributed by atoms with Crippen LogP contribution in [0.1, 0.15) is 5.56 Å². The molecule has 28 heavy (non-hydrogen) atoms. The highest BCUT2D eigenvalue weighted by molar-refractivity contribution is 7.92. The molecule has 1 aliphatic rings. The summed E-state index contributed by atoms with van der Waals surface area (Å²) in [4.78, 5) is 18.0. The number of carbonyl (C=O) groups excluding carboxylic acids is 1. The zero-order valence-corrected chi connectivity index (χ0v) is 16.7. The molecule has 0 unspecified atom stereocenters. The molecular formula is C19H21ClN4O3S. The van der Waals surface area contributed by atoms with E-state index in [0.29, 0.717) is 31.9 Å². The Morgan fingerprint density at radius 3 is 2.50 bits per heavy atom. The maximum Gasteiger partial charge on any atom is 0.238 e. The minimum absolute atomic E-state index is 0.166. The first kappa shape index (κ1) is 20.5. The smallest absolute Gasteiger partial charge is 0.238 e. The Morgan fingerprint density at radius 2 is 1.82 bits per heavy atom. The van der Waals surface area contributed by atoms with Crippen LogP contribution in [-0.4, -0.2) is 61.2 Å². The van der Waals surface area contributed by atoms with E-state index in [-0.39, 0.29) is 17.6 Å². The van der Waals surface area contributed by atoms with Gasteiger partial charge in [-0.2, -0.15) is 4.31 Å². The van der Waals surface area contributed by atoms with E-state index in [2.05, 4.69) is 10.3 Å². The minimum atomic E-state index is -3.49. The summed E-state index contributed by atoms with van der Waals surface area (Å²) < 4.78 is 26.4. The molecule has 0 bridgehead atoms. The molecule has 1 saturated heterocycles. The van der Waals surface area contributed by atoms with Crippen molar-refractivity contribution in [2.24, 2.45) is 0 Å². The van der Waals surface area contributed by atoms with Crippen LogP contribution in [0.4, 0.5) is 5.69 Å². The summed E-state index contributed by atoms with van der Waals surface area (Å²) in [5, 5.41) is 4.18. The van der Waals surface area contributed by atoms with E-state index in [1.54, 1.807) is 24.4 Å². The molecule has 2 aromatic rings. The Labute approximate surface area is 169 Å². The van der Waals surface area contributed by atoms with Crippen LogP contribution < -0.4 is 5.32 Å². The monoisotopic (exact) mass is 420 g/mol. The molecule has 9 heteroatoms. The summed E-state index contributed by atoms with van der Waals surface area (Å²) in [6.07, 6.45) is 3.14. The molecule has 2 heterocycles. The first-order chi connectivity index (χ1) is 13.4. The van der Waals surface area contributed by atoms with Gasteiger partial charge in [0.25, 0.3) is 0 Å². The van der Waals surface area contributed by atoms with Crippen molar-refractivity contribution in [2.75, 3.05) is 38.0 Å². The van der Waals surface area contributed by atoms with E-state index in [4.69, 9.17) is 11.6 Å². The van der Waals surface area contributed by atoms with E-state index < -0.39 is 10.0 Å². The van der Waals surface area contributed by atoms with E-state index in [9.17, 15) is 13.2 Å². The second-order valence-electron chi connectivity index (χ2n) is 6.32. The van der Waals surface area contributed by atoms with Gasteiger partial charge in [0.15, 0.2) is 5.15 Å². The van der Waals surface area contributed by atoms with Crippen molar-refractivity contribution >= 4 is 39.3 Å². The molecular weight excluding hydrogens is 400 g/mol. The highest BCUT2D eigenvalue weighted by Gasteiger charge is 2.26. The Hall–Kier alpha value is -2.26. The van der Waals surface area contributed by atoms with Gasteiger partial charge in [0.1, 0.15) is 0 Å². The molecule has 0 atom stereocenters. The van der Waals surface area contributed by atoms with Crippen molar-refractivity contribution in [3.63, 3.8) is 0 Å². The lowest BCUT2D eigenvalue weighted by Crippen LogP contribution is -2.49. The predicted octanol–water partition coefficient (Wildman–Crippen LogP) is 2.29. The lowest BCUT2D eigenvalue weighted by atomic mass is 10.2. The largest absolute Gasteiger partial charge is 0.322 e. The zero-order valence-electron chi connectivity index (χ0n) is 15.2. The lowest BCUT2D eigenvalue weighted by molar-refractivity contribution is -0.117. The number of hydrogen-bond acceptors (Lipinski definition) is 5. The summed E-state index contributed by atoms with van der Waals surface area (Å²) in [5.74, 6) is -0.213. The van der Waals surface area contributed by atoms with Gasteiger partial charge in [0.05, 0.1) is 12.2 Å². The number of amides is 1. The number of nitrogens with one attached hydrogen (secondary N) is 1. The summed E-state index contributed by atoms with van der Waals surface area (Å²) in [6, 6.07) is 12.6. The molecule has 7 nitrogen and oxygen atoms in total. The van der Waals surface area contributed by atoms with Gasteiger partial charge < -0.3 is 5.32 Å². The Morgan fingerprint density at radius 1 is 1.11 bits per heavy atom. The number of halogens is 1. The lowest BCUT2D eigenvalue weighted by Gasteiger charge is -2.32. The van der Waals surface area contributed by atoms with Crippen LogP contribution in [0.15, 0.2) is 54.1 Å². The summed E-state index contributed by atoms with van der Waals surface area (Å²) >= 11 is 5.94. The molecule has 1 fully saturated rings. The molecule has 1 aromatic carbocycles. The van der Waals surface area contributed by atoms with Crippen molar-refractivity contribution in [3.05, 3.63) is 64.8 Å². The summed E-state index contributed by atoms with van der Waals surface area (Å²) in [7, 11) is -3.49. The number of piperazine rings is 1. The second kappa shape index (κ2) is 9.29. The van der Waals surface area contributed by atoms with Gasteiger partial charge in [-0.25, -0.2) is 13.4 Å². The number of aromatic nitrogens is 1. The standard InChI is InChI=1S/C19H21ClN4O3S/c20-19-17(7-4-9-21-19)22-18(25)15-23-10-12-24(13-11-23)28(26,27)14-8-16-5-2-1-3-6-16/h1-9,14H,10-13,15H2,(H,22,25). The van der Waals surface area contributed by atoms with Crippen LogP contribution >= 0.6 is 11.6 Å². The molecule has 1 amide bonds. The van der Waals surface area contributed by atoms with E-state index >= 15 is 0 Å². The number of sulfonamides is 1. The van der Waals surface area contributed by atoms with E-state index in [0.717, 1.165) is 5.56 Å². The number of anilines is 1. The second-order valence-corrected chi connectivity index (χ2v) is 8.50. The van der Waals surface area contributed by atoms with E-state index in [1.165, 1.54) is 9.71 Å². The zero-order chi connectivity index (χ0) is 20.0.